The van der Waals surface area contributed by atoms with Crippen LogP contribution < -0.4 is 5.56 Å². The largest absolute Gasteiger partial charge is 0.462 e. The number of rotatable bonds is 4. The summed E-state index contributed by atoms with van der Waals surface area (Å²) in [7, 11) is 0. The minimum atomic E-state index is -0.469. The van der Waals surface area contributed by atoms with E-state index in [2.05, 4.69) is 15.0 Å². The lowest BCUT2D eigenvalue weighted by molar-refractivity contribution is 0.0528. The van der Waals surface area contributed by atoms with E-state index < -0.39 is 5.97 Å². The predicted octanol–water partition coefficient (Wildman–Crippen LogP) is 1.19. The van der Waals surface area contributed by atoms with Gasteiger partial charge in [-0.2, -0.15) is 9.61 Å². The van der Waals surface area contributed by atoms with Crippen molar-refractivity contribution < 1.29 is 9.53 Å². The summed E-state index contributed by atoms with van der Waals surface area (Å²) in [5.74, 6) is -0.469. The fraction of sp³-hybridized carbons (Fsp3) is 0.533. The number of esters is 1. The van der Waals surface area contributed by atoms with Crippen molar-refractivity contribution in [3.05, 3.63) is 33.9 Å². The molecule has 22 heavy (non-hydrogen) atoms. The summed E-state index contributed by atoms with van der Waals surface area (Å²) in [5.41, 5.74) is 1.25. The van der Waals surface area contributed by atoms with Gasteiger partial charge in [-0.3, -0.25) is 9.69 Å². The Morgan fingerprint density at radius 1 is 1.36 bits per heavy atom. The predicted molar refractivity (Wildman–Crippen MR) is 80.9 cm³/mol. The average Bonchev–Trinajstić information content (AvgIpc) is 2.93. The normalized spacial score (nSPS) is 16.0. The number of aromatic nitrogens is 3. The van der Waals surface area contributed by atoms with Gasteiger partial charge in [0.1, 0.15) is 5.56 Å². The standard InChI is InChI=1S/C15H20N4O3/c1-2-22-15(21)12-9-16-19-13(20)8-11(17-14(12)19)10-18-6-4-3-5-7-18/h8-9,17H,2-7,10H2,1H3. The van der Waals surface area contributed by atoms with Crippen molar-refractivity contribution in [1.29, 1.82) is 0 Å². The average molecular weight is 304 g/mol. The third-order valence-corrected chi connectivity index (χ3v) is 3.89. The number of nitrogens with one attached hydrogen (secondary N) is 1. The molecule has 1 N–H and O–H groups in total. The van der Waals surface area contributed by atoms with Crippen LogP contribution in [0.4, 0.5) is 0 Å². The Morgan fingerprint density at radius 3 is 2.86 bits per heavy atom. The van der Waals surface area contributed by atoms with E-state index in [1.165, 1.54) is 30.0 Å². The first-order valence-electron chi connectivity index (χ1n) is 7.68. The summed E-state index contributed by atoms with van der Waals surface area (Å²) in [6, 6.07) is 1.55. The molecule has 118 valence electrons. The molecule has 0 amide bonds. The number of aromatic amines is 1. The van der Waals surface area contributed by atoms with Crippen LogP contribution >= 0.6 is 0 Å². The fourth-order valence-electron chi connectivity index (χ4n) is 2.84. The molecule has 0 spiro atoms. The molecule has 0 aromatic carbocycles. The summed E-state index contributed by atoms with van der Waals surface area (Å²) in [6.45, 7) is 4.79. The number of likely N-dealkylation sites (tertiary alicyclic amines) is 1. The fourth-order valence-corrected chi connectivity index (χ4v) is 2.84. The molecule has 0 atom stereocenters. The van der Waals surface area contributed by atoms with Crippen LogP contribution in [0.5, 0.6) is 0 Å². The highest BCUT2D eigenvalue weighted by Gasteiger charge is 2.17. The molecule has 0 unspecified atom stereocenters. The number of ether oxygens (including phenoxy) is 1. The van der Waals surface area contributed by atoms with Gasteiger partial charge in [-0.15, -0.1) is 0 Å². The smallest absolute Gasteiger partial charge is 0.343 e. The van der Waals surface area contributed by atoms with Crippen molar-refractivity contribution in [2.24, 2.45) is 0 Å². The molecule has 3 rings (SSSR count). The maximum Gasteiger partial charge on any atom is 0.343 e. The van der Waals surface area contributed by atoms with Crippen LogP contribution in [-0.4, -0.2) is 45.2 Å². The first-order valence-corrected chi connectivity index (χ1v) is 7.68. The number of nitrogens with zero attached hydrogens (tertiary/aromatic N) is 3. The minimum Gasteiger partial charge on any atom is -0.462 e. The highest BCUT2D eigenvalue weighted by molar-refractivity contribution is 5.95. The molecule has 1 aliphatic heterocycles. The number of fused-ring (bicyclic) bond motifs is 1. The third kappa shape index (κ3) is 2.89. The van der Waals surface area contributed by atoms with Gasteiger partial charge in [-0.1, -0.05) is 6.42 Å². The molecule has 1 fully saturated rings. The molecule has 1 aliphatic rings. The second-order valence-electron chi connectivity index (χ2n) is 5.51. The van der Waals surface area contributed by atoms with Gasteiger partial charge in [0, 0.05) is 18.3 Å². The maximum atomic E-state index is 12.1. The van der Waals surface area contributed by atoms with Gasteiger partial charge in [0.25, 0.3) is 5.56 Å². The van der Waals surface area contributed by atoms with Crippen LogP contribution in [0, 0.1) is 0 Å². The van der Waals surface area contributed by atoms with Gasteiger partial charge in [-0.05, 0) is 32.9 Å². The van der Waals surface area contributed by atoms with Crippen molar-refractivity contribution in [2.45, 2.75) is 32.7 Å². The van der Waals surface area contributed by atoms with Crippen LogP contribution in [-0.2, 0) is 11.3 Å². The van der Waals surface area contributed by atoms with Crippen LogP contribution in [0.25, 0.3) is 5.65 Å². The monoisotopic (exact) mass is 304 g/mol. The molecule has 2 aromatic rings. The van der Waals surface area contributed by atoms with E-state index in [-0.39, 0.29) is 12.2 Å². The van der Waals surface area contributed by atoms with Gasteiger partial charge >= 0.3 is 5.97 Å². The van der Waals surface area contributed by atoms with Crippen molar-refractivity contribution in [1.82, 2.24) is 19.5 Å². The van der Waals surface area contributed by atoms with E-state index in [4.69, 9.17) is 4.74 Å². The van der Waals surface area contributed by atoms with Gasteiger partial charge < -0.3 is 9.72 Å². The zero-order valence-corrected chi connectivity index (χ0v) is 12.7. The molecule has 0 bridgehead atoms. The summed E-state index contributed by atoms with van der Waals surface area (Å²) < 4.78 is 6.20. The highest BCUT2D eigenvalue weighted by atomic mass is 16.5. The Balaban J connectivity index is 1.93. The van der Waals surface area contributed by atoms with Gasteiger partial charge in [0.05, 0.1) is 12.8 Å². The molecular weight excluding hydrogens is 284 g/mol. The van der Waals surface area contributed by atoms with E-state index >= 15 is 0 Å². The molecule has 0 aliphatic carbocycles. The van der Waals surface area contributed by atoms with Crippen LogP contribution in [0.15, 0.2) is 17.1 Å². The Hall–Kier alpha value is -2.15. The number of hydrogen-bond donors (Lipinski definition) is 1. The maximum absolute atomic E-state index is 12.1. The summed E-state index contributed by atoms with van der Waals surface area (Å²) in [4.78, 5) is 29.5. The number of H-pyrrole nitrogens is 1. The topological polar surface area (TPSA) is 79.7 Å². The van der Waals surface area contributed by atoms with E-state index in [0.29, 0.717) is 17.8 Å². The van der Waals surface area contributed by atoms with E-state index in [0.717, 1.165) is 18.8 Å². The zero-order chi connectivity index (χ0) is 15.5. The third-order valence-electron chi connectivity index (χ3n) is 3.89. The van der Waals surface area contributed by atoms with Crippen LogP contribution in [0.3, 0.4) is 0 Å². The first-order chi connectivity index (χ1) is 10.7. The van der Waals surface area contributed by atoms with Gasteiger partial charge in [0.2, 0.25) is 0 Å². The number of hydrogen-bond acceptors (Lipinski definition) is 5. The van der Waals surface area contributed by atoms with Crippen molar-refractivity contribution in [3.8, 4) is 0 Å². The SMILES string of the molecule is CCOC(=O)c1cnn2c(=O)cc(CN3CCCCC3)[nH]c12. The van der Waals surface area contributed by atoms with E-state index in [1.807, 2.05) is 0 Å². The molecule has 2 aromatic heterocycles. The van der Waals surface area contributed by atoms with Gasteiger partial charge in [0.15, 0.2) is 5.65 Å². The molecule has 3 heterocycles. The van der Waals surface area contributed by atoms with E-state index in [1.54, 1.807) is 13.0 Å². The summed E-state index contributed by atoms with van der Waals surface area (Å²) in [5, 5.41) is 3.97. The quantitative estimate of drug-likeness (QED) is 0.858. The number of carbonyl (C=O) groups excluding carboxylic acids is 1. The zero-order valence-electron chi connectivity index (χ0n) is 12.7. The van der Waals surface area contributed by atoms with E-state index in [9.17, 15) is 9.59 Å². The lowest BCUT2D eigenvalue weighted by Crippen LogP contribution is -2.30. The summed E-state index contributed by atoms with van der Waals surface area (Å²) >= 11 is 0. The molecule has 7 heteroatoms. The van der Waals surface area contributed by atoms with Gasteiger partial charge in [-0.25, -0.2) is 4.79 Å². The highest BCUT2D eigenvalue weighted by Crippen LogP contribution is 2.13. The van der Waals surface area contributed by atoms with Crippen LogP contribution in [0.1, 0.15) is 42.2 Å². The Morgan fingerprint density at radius 2 is 2.14 bits per heavy atom. The lowest BCUT2D eigenvalue weighted by Gasteiger charge is -2.26. The molecule has 1 saturated heterocycles. The summed E-state index contributed by atoms with van der Waals surface area (Å²) in [6.07, 6.45) is 5.01. The molecular formula is C15H20N4O3. The van der Waals surface area contributed by atoms with Crippen LogP contribution in [0.2, 0.25) is 0 Å². The molecule has 0 radical (unpaired) electrons. The Bertz CT molecular complexity index is 728. The molecule has 7 nitrogen and oxygen atoms in total. The van der Waals surface area contributed by atoms with Crippen molar-refractivity contribution in [2.75, 3.05) is 19.7 Å². The molecule has 0 saturated carbocycles. The lowest BCUT2D eigenvalue weighted by atomic mass is 10.1. The number of carbonyl (C=O) groups is 1. The van der Waals surface area contributed by atoms with Crippen molar-refractivity contribution >= 4 is 11.6 Å². The second kappa shape index (κ2) is 6.31. The Kier molecular flexibility index (Phi) is 4.24. The minimum absolute atomic E-state index is 0.240. The second-order valence-corrected chi connectivity index (χ2v) is 5.51. The van der Waals surface area contributed by atoms with Crippen molar-refractivity contribution in [3.63, 3.8) is 0 Å². The first kappa shape index (κ1) is 14.8. The Labute approximate surface area is 127 Å². The number of piperidine rings is 1.